The molecule has 0 amide bonds. The Bertz CT molecular complexity index is 790. The Balaban J connectivity index is 1.32. The van der Waals surface area contributed by atoms with Gasteiger partial charge in [-0.3, -0.25) is 0 Å². The highest BCUT2D eigenvalue weighted by molar-refractivity contribution is 7.62. The van der Waals surface area contributed by atoms with Crippen molar-refractivity contribution in [3.63, 3.8) is 0 Å². The van der Waals surface area contributed by atoms with Gasteiger partial charge in [-0.05, 0) is 176 Å². The summed E-state index contributed by atoms with van der Waals surface area (Å²) < 4.78 is 0. The maximum Gasteiger partial charge on any atom is -0.00789 e. The molecule has 8 bridgehead atoms. The van der Waals surface area contributed by atoms with Gasteiger partial charge >= 0.3 is 0 Å². The van der Waals surface area contributed by atoms with Crippen molar-refractivity contribution >= 4 is 15.8 Å². The first-order chi connectivity index (χ1) is 18.2. The summed E-state index contributed by atoms with van der Waals surface area (Å²) >= 11 is 0. The van der Waals surface area contributed by atoms with E-state index in [-0.39, 0.29) is 15.8 Å². The maximum absolute atomic E-state index is 2.69. The summed E-state index contributed by atoms with van der Waals surface area (Å²) in [4.78, 5) is 0. The molecule has 9 rings (SSSR count). The van der Waals surface area contributed by atoms with Crippen LogP contribution in [0.15, 0.2) is 0 Å². The van der Waals surface area contributed by atoms with Crippen molar-refractivity contribution < 1.29 is 0 Å². The Hall–Kier alpha value is 0.860. The molecule has 0 aliphatic heterocycles. The highest BCUT2D eigenvalue weighted by Crippen LogP contribution is 2.82. The lowest BCUT2D eigenvalue weighted by atomic mass is 9.55. The SMILES string of the molecule is CC1CC(CP(C(C)(C)C)C(C)(C)C)C(P(C23CC4CC(CC(C4)C2)C3)C23CC4CC(CC(C4)C2)C3)CC1C. The summed E-state index contributed by atoms with van der Waals surface area (Å²) in [6, 6.07) is 0. The minimum Gasteiger partial charge on any atom is -0.0953 e. The Morgan fingerprint density at radius 2 is 0.846 bits per heavy atom. The second kappa shape index (κ2) is 9.68. The van der Waals surface area contributed by atoms with Gasteiger partial charge in [0, 0.05) is 0 Å². The summed E-state index contributed by atoms with van der Waals surface area (Å²) in [5.74, 6) is 9.63. The fourth-order valence-corrected chi connectivity index (χ4v) is 24.4. The van der Waals surface area contributed by atoms with Crippen LogP contribution in [-0.4, -0.2) is 32.4 Å². The molecule has 0 heterocycles. The number of hydrogen-bond donors (Lipinski definition) is 0. The molecule has 4 atom stereocenters. The normalized spacial score (nSPS) is 51.6. The van der Waals surface area contributed by atoms with Crippen LogP contribution in [0.4, 0.5) is 0 Å². The summed E-state index contributed by atoms with van der Waals surface area (Å²) in [5.41, 5.74) is 1.09. The van der Waals surface area contributed by atoms with E-state index in [2.05, 4.69) is 55.4 Å². The molecule has 0 radical (unpaired) electrons. The van der Waals surface area contributed by atoms with Gasteiger partial charge in [0.2, 0.25) is 0 Å². The molecule has 39 heavy (non-hydrogen) atoms. The van der Waals surface area contributed by atoms with Gasteiger partial charge in [-0.1, -0.05) is 71.2 Å². The van der Waals surface area contributed by atoms with Crippen LogP contribution in [0.5, 0.6) is 0 Å². The molecule has 0 spiro atoms. The summed E-state index contributed by atoms with van der Waals surface area (Å²) in [5, 5.41) is 2.53. The minimum atomic E-state index is -0.00629. The van der Waals surface area contributed by atoms with Gasteiger partial charge < -0.3 is 0 Å². The molecular formula is C37H64P2. The molecule has 0 saturated heterocycles. The van der Waals surface area contributed by atoms with Crippen LogP contribution in [0, 0.1) is 53.3 Å². The van der Waals surface area contributed by atoms with E-state index in [4.69, 9.17) is 0 Å². The summed E-state index contributed by atoms with van der Waals surface area (Å²) in [7, 11) is 0.0898. The fraction of sp³-hybridized carbons (Fsp3) is 1.00. The standard InChI is InChI=1S/C37H64P2/c1-24-9-32(23-38(34(3,4)5)35(6,7)8)33(10-25(24)2)39(36-17-26-11-27(18-36)13-28(12-26)19-36)37-20-29-14-30(21-37)16-31(15-29)22-37/h24-33H,9-23H2,1-8H3. The molecule has 0 aromatic carbocycles. The van der Waals surface area contributed by atoms with Crippen molar-refractivity contribution in [1.29, 1.82) is 0 Å². The van der Waals surface area contributed by atoms with E-state index in [9.17, 15) is 0 Å². The Morgan fingerprint density at radius 1 is 0.513 bits per heavy atom. The Morgan fingerprint density at radius 3 is 1.18 bits per heavy atom. The lowest BCUT2D eigenvalue weighted by molar-refractivity contribution is 0.0165. The Kier molecular flexibility index (Phi) is 7.10. The summed E-state index contributed by atoms with van der Waals surface area (Å²) in [6.07, 6.45) is 24.7. The zero-order valence-corrected chi connectivity index (χ0v) is 29.1. The highest BCUT2D eigenvalue weighted by atomic mass is 31.1. The third-order valence-corrected chi connectivity index (χ3v) is 22.7. The third kappa shape index (κ3) is 4.99. The van der Waals surface area contributed by atoms with E-state index in [1.807, 2.05) is 0 Å². The van der Waals surface area contributed by atoms with Crippen LogP contribution in [0.2, 0.25) is 0 Å². The zero-order valence-electron chi connectivity index (χ0n) is 27.3. The predicted octanol–water partition coefficient (Wildman–Crippen LogP) is 11.5. The molecular weight excluding hydrogens is 506 g/mol. The highest BCUT2D eigenvalue weighted by Gasteiger charge is 2.65. The molecule has 0 nitrogen and oxygen atoms in total. The average Bonchev–Trinajstić information content (AvgIpc) is 2.76. The third-order valence-electron chi connectivity index (χ3n) is 14.2. The van der Waals surface area contributed by atoms with Crippen molar-refractivity contribution in [2.45, 2.75) is 172 Å². The van der Waals surface area contributed by atoms with Gasteiger partial charge in [0.05, 0.1) is 0 Å². The molecule has 4 unspecified atom stereocenters. The zero-order chi connectivity index (χ0) is 27.5. The van der Waals surface area contributed by atoms with Gasteiger partial charge in [0.25, 0.3) is 0 Å². The molecule has 9 fully saturated rings. The van der Waals surface area contributed by atoms with Gasteiger partial charge in [0.1, 0.15) is 0 Å². The molecule has 9 aliphatic rings. The van der Waals surface area contributed by atoms with Gasteiger partial charge in [-0.25, -0.2) is 0 Å². The fourth-order valence-electron chi connectivity index (χ4n) is 13.9. The topological polar surface area (TPSA) is 0 Å². The van der Waals surface area contributed by atoms with E-state index in [1.165, 1.54) is 0 Å². The van der Waals surface area contributed by atoms with E-state index < -0.39 is 0 Å². The molecule has 222 valence electrons. The van der Waals surface area contributed by atoms with Crippen LogP contribution in [0.25, 0.3) is 0 Å². The number of rotatable bonds is 5. The van der Waals surface area contributed by atoms with Gasteiger partial charge in [0.15, 0.2) is 0 Å². The first kappa shape index (κ1) is 28.6. The largest absolute Gasteiger partial charge is 0.0953 e. The lowest BCUT2D eigenvalue weighted by Gasteiger charge is -2.70. The molecule has 9 saturated carbocycles. The first-order valence-corrected chi connectivity index (χ1v) is 20.7. The van der Waals surface area contributed by atoms with Crippen molar-refractivity contribution in [2.24, 2.45) is 53.3 Å². The minimum absolute atomic E-state index is 0.00629. The van der Waals surface area contributed by atoms with E-state index in [0.29, 0.717) is 10.3 Å². The van der Waals surface area contributed by atoms with Crippen molar-refractivity contribution in [1.82, 2.24) is 0 Å². The monoisotopic (exact) mass is 570 g/mol. The van der Waals surface area contributed by atoms with Crippen LogP contribution >= 0.6 is 15.8 Å². The molecule has 9 aliphatic carbocycles. The van der Waals surface area contributed by atoms with Crippen LogP contribution in [-0.2, 0) is 0 Å². The van der Waals surface area contributed by atoms with E-state index in [1.54, 1.807) is 96.1 Å². The van der Waals surface area contributed by atoms with Gasteiger partial charge in [-0.2, -0.15) is 0 Å². The lowest BCUT2D eigenvalue weighted by Crippen LogP contribution is -2.59. The van der Waals surface area contributed by atoms with Crippen molar-refractivity contribution in [3.05, 3.63) is 0 Å². The van der Waals surface area contributed by atoms with Crippen LogP contribution in [0.1, 0.15) is 145 Å². The number of hydrogen-bond acceptors (Lipinski definition) is 0. The van der Waals surface area contributed by atoms with Crippen LogP contribution in [0.3, 0.4) is 0 Å². The quantitative estimate of drug-likeness (QED) is 0.288. The smallest absolute Gasteiger partial charge is 0.00789 e. The first-order valence-electron chi connectivity index (χ1n) is 17.8. The van der Waals surface area contributed by atoms with Crippen LogP contribution < -0.4 is 0 Å². The Labute approximate surface area is 246 Å². The molecule has 0 aromatic heterocycles. The molecule has 2 heteroatoms. The van der Waals surface area contributed by atoms with Crippen molar-refractivity contribution in [2.75, 3.05) is 6.16 Å². The molecule has 0 aromatic rings. The van der Waals surface area contributed by atoms with Crippen molar-refractivity contribution in [3.8, 4) is 0 Å². The predicted molar refractivity (Wildman–Crippen MR) is 175 cm³/mol. The second-order valence-electron chi connectivity index (χ2n) is 19.4. The average molecular weight is 571 g/mol. The van der Waals surface area contributed by atoms with E-state index in [0.717, 1.165) is 69.2 Å². The molecule has 0 N–H and O–H groups in total. The maximum atomic E-state index is 2.69. The second-order valence-corrected chi connectivity index (χ2v) is 26.6. The summed E-state index contributed by atoms with van der Waals surface area (Å²) in [6.45, 7) is 21.0. The van der Waals surface area contributed by atoms with E-state index >= 15 is 0 Å². The van der Waals surface area contributed by atoms with Gasteiger partial charge in [-0.15, -0.1) is 0 Å².